The average molecular weight is 338 g/mol. The highest BCUT2D eigenvalue weighted by Crippen LogP contribution is 2.33. The van der Waals surface area contributed by atoms with E-state index in [-0.39, 0.29) is 6.61 Å². The van der Waals surface area contributed by atoms with Crippen LogP contribution in [0.3, 0.4) is 0 Å². The first-order valence-corrected chi connectivity index (χ1v) is 6.74. The molecule has 0 spiro atoms. The molecule has 1 aliphatic heterocycles. The van der Waals surface area contributed by atoms with Crippen LogP contribution in [0.4, 0.5) is 4.79 Å². The van der Waals surface area contributed by atoms with Gasteiger partial charge in [-0.1, -0.05) is 0 Å². The topological polar surface area (TPSA) is 65.1 Å². The molecule has 1 saturated heterocycles. The fraction of sp³-hybridized carbons (Fsp3) is 0.833. The highest BCUT2D eigenvalue weighted by molar-refractivity contribution is 9.06. The third kappa shape index (κ3) is 3.60. The van der Waals surface area contributed by atoms with E-state index < -0.39 is 23.2 Å². The number of rotatable bonds is 3. The summed E-state index contributed by atoms with van der Waals surface area (Å²) in [4.78, 5) is 25.6. The zero-order valence-electron chi connectivity index (χ0n) is 11.7. The number of halogens is 1. The summed E-state index contributed by atoms with van der Waals surface area (Å²) in [5.41, 5.74) is -1.72. The van der Waals surface area contributed by atoms with Crippen molar-refractivity contribution in [3.05, 3.63) is 0 Å². The van der Waals surface area contributed by atoms with Crippen LogP contribution in [0.5, 0.6) is 0 Å². The molecule has 0 bridgehead atoms. The van der Waals surface area contributed by atoms with Gasteiger partial charge in [-0.15, -0.1) is 0 Å². The highest BCUT2D eigenvalue weighted by Gasteiger charge is 2.52. The van der Waals surface area contributed by atoms with E-state index in [1.165, 1.54) is 12.0 Å². The molecule has 0 radical (unpaired) electrons. The van der Waals surface area contributed by atoms with Crippen LogP contribution in [0, 0.1) is 0 Å². The summed E-state index contributed by atoms with van der Waals surface area (Å²) in [7, 11) is 1.30. The smallest absolute Gasteiger partial charge is 0.411 e. The second kappa shape index (κ2) is 6.09. The maximum atomic E-state index is 12.2. The first-order valence-electron chi connectivity index (χ1n) is 6.09. The molecule has 0 aromatic rings. The minimum absolute atomic E-state index is 0.0267. The number of methoxy groups -OCH3 is 1. The lowest BCUT2D eigenvalue weighted by atomic mass is 9.98. The van der Waals surface area contributed by atoms with Gasteiger partial charge in [0.2, 0.25) is 0 Å². The molecule has 1 aliphatic rings. The summed E-state index contributed by atoms with van der Waals surface area (Å²) < 4.78 is 15.1. The van der Waals surface area contributed by atoms with Crippen molar-refractivity contribution < 1.29 is 22.9 Å². The number of nitrogens with zero attached hydrogens (tertiary/aromatic N) is 1. The van der Waals surface area contributed by atoms with Crippen LogP contribution < -0.4 is 0 Å². The normalized spacial score (nSPS) is 23.3. The number of hydrogen-bond donors (Lipinski definition) is 0. The first kappa shape index (κ1) is 16.2. The quantitative estimate of drug-likeness (QED) is 0.739. The highest BCUT2D eigenvalue weighted by atomic mass is 79.9. The van der Waals surface area contributed by atoms with E-state index >= 15 is 0 Å². The van der Waals surface area contributed by atoms with Gasteiger partial charge >= 0.3 is 12.1 Å². The van der Waals surface area contributed by atoms with Gasteiger partial charge in [0.05, 0.1) is 30.0 Å². The molecule has 1 rings (SSSR count). The second-order valence-corrected chi connectivity index (χ2v) is 5.97. The van der Waals surface area contributed by atoms with Crippen LogP contribution in [-0.2, 0) is 18.1 Å². The van der Waals surface area contributed by atoms with E-state index in [0.29, 0.717) is 19.4 Å². The van der Waals surface area contributed by atoms with Crippen molar-refractivity contribution in [2.45, 2.75) is 44.8 Å². The van der Waals surface area contributed by atoms with Gasteiger partial charge in [0.25, 0.3) is 0 Å². The number of likely N-dealkylation sites (tertiary alicyclic amines) is 1. The molecule has 1 atom stereocenters. The fourth-order valence-electron chi connectivity index (χ4n) is 2.16. The summed E-state index contributed by atoms with van der Waals surface area (Å²) in [5.74, 6) is -0.490. The van der Waals surface area contributed by atoms with E-state index in [9.17, 15) is 9.59 Å². The predicted octanol–water partition coefficient (Wildman–Crippen LogP) is 2.26. The third-order valence-electron chi connectivity index (χ3n) is 2.96. The van der Waals surface area contributed by atoms with Crippen LogP contribution in [0.1, 0.15) is 33.6 Å². The number of hydrogen-bond acceptors (Lipinski definition) is 5. The summed E-state index contributed by atoms with van der Waals surface area (Å²) in [5, 5.41) is 0. The van der Waals surface area contributed by atoms with Crippen LogP contribution in [-0.4, -0.2) is 48.4 Å². The van der Waals surface area contributed by atoms with Crippen LogP contribution >= 0.6 is 16.3 Å². The molecule has 1 amide bonds. The van der Waals surface area contributed by atoms with Crippen LogP contribution in [0.2, 0.25) is 0 Å². The predicted molar refractivity (Wildman–Crippen MR) is 71.8 cm³/mol. The monoisotopic (exact) mass is 337 g/mol. The summed E-state index contributed by atoms with van der Waals surface area (Å²) in [6.07, 6.45) is 0.662. The van der Waals surface area contributed by atoms with E-state index in [1.807, 2.05) is 0 Å². The Labute approximate surface area is 121 Å². The Morgan fingerprint density at radius 1 is 1.37 bits per heavy atom. The standard InChI is InChI=1S/C12H20BrNO5/c1-11(2,3)19-10(16)14-7-5-6-12(14,8-18-13)9(15)17-4/h5-8H2,1-4H3. The zero-order valence-corrected chi connectivity index (χ0v) is 13.3. The van der Waals surface area contributed by atoms with Gasteiger partial charge < -0.3 is 13.3 Å². The van der Waals surface area contributed by atoms with Crippen LogP contribution in [0.15, 0.2) is 0 Å². The van der Waals surface area contributed by atoms with Gasteiger partial charge in [-0.2, -0.15) is 0 Å². The number of amides is 1. The molecule has 1 heterocycles. The Bertz CT molecular complexity index is 355. The van der Waals surface area contributed by atoms with Gasteiger partial charge in [0, 0.05) is 6.54 Å². The second-order valence-electron chi connectivity index (χ2n) is 5.51. The summed E-state index contributed by atoms with van der Waals surface area (Å²) in [6.45, 7) is 5.81. The number of ether oxygens (including phenoxy) is 2. The van der Waals surface area contributed by atoms with E-state index in [2.05, 4.69) is 16.3 Å². The molecule has 110 valence electrons. The lowest BCUT2D eigenvalue weighted by Crippen LogP contribution is -2.57. The molecular weight excluding hydrogens is 318 g/mol. The van der Waals surface area contributed by atoms with E-state index in [1.54, 1.807) is 20.8 Å². The molecule has 7 heteroatoms. The molecule has 0 aliphatic carbocycles. The van der Waals surface area contributed by atoms with Crippen molar-refractivity contribution in [1.82, 2.24) is 4.90 Å². The van der Waals surface area contributed by atoms with Crippen molar-refractivity contribution in [3.63, 3.8) is 0 Å². The molecule has 1 unspecified atom stereocenters. The zero-order chi connectivity index (χ0) is 14.7. The number of carbonyl (C=O) groups excluding carboxylic acids is 2. The van der Waals surface area contributed by atoms with E-state index in [0.717, 1.165) is 0 Å². The molecule has 0 N–H and O–H groups in total. The van der Waals surface area contributed by atoms with Gasteiger partial charge in [-0.05, 0) is 33.6 Å². The maximum absolute atomic E-state index is 12.2. The Morgan fingerprint density at radius 3 is 2.47 bits per heavy atom. The minimum Gasteiger partial charge on any atom is -0.467 e. The lowest BCUT2D eigenvalue weighted by Gasteiger charge is -2.35. The summed E-state index contributed by atoms with van der Waals surface area (Å²) >= 11 is 2.84. The molecule has 19 heavy (non-hydrogen) atoms. The lowest BCUT2D eigenvalue weighted by molar-refractivity contribution is -0.154. The Morgan fingerprint density at radius 2 is 2.00 bits per heavy atom. The Balaban J connectivity index is 2.96. The number of carbonyl (C=O) groups is 2. The van der Waals surface area contributed by atoms with Gasteiger partial charge in [0.15, 0.2) is 5.54 Å². The van der Waals surface area contributed by atoms with Crippen molar-refractivity contribution >= 4 is 28.3 Å². The minimum atomic E-state index is -1.11. The van der Waals surface area contributed by atoms with Crippen molar-refractivity contribution in [1.29, 1.82) is 0 Å². The number of esters is 1. The molecule has 6 nitrogen and oxygen atoms in total. The fourth-order valence-corrected chi connectivity index (χ4v) is 2.54. The van der Waals surface area contributed by atoms with Crippen molar-refractivity contribution in [3.8, 4) is 0 Å². The molecule has 0 aromatic heterocycles. The molecular formula is C12H20BrNO5. The molecule has 0 saturated carbocycles. The Kier molecular flexibility index (Phi) is 5.20. The van der Waals surface area contributed by atoms with Crippen molar-refractivity contribution in [2.75, 3.05) is 20.3 Å². The molecule has 1 fully saturated rings. The third-order valence-corrected chi connectivity index (χ3v) is 3.19. The van der Waals surface area contributed by atoms with Crippen LogP contribution in [0.25, 0.3) is 0 Å². The molecule has 0 aromatic carbocycles. The van der Waals surface area contributed by atoms with E-state index in [4.69, 9.17) is 13.3 Å². The van der Waals surface area contributed by atoms with Gasteiger partial charge in [-0.25, -0.2) is 9.59 Å². The van der Waals surface area contributed by atoms with Crippen molar-refractivity contribution in [2.24, 2.45) is 0 Å². The SMILES string of the molecule is COC(=O)C1(COBr)CCCN1C(=O)OC(C)(C)C. The van der Waals surface area contributed by atoms with Gasteiger partial charge in [0.1, 0.15) is 5.60 Å². The average Bonchev–Trinajstić information content (AvgIpc) is 2.71. The maximum Gasteiger partial charge on any atom is 0.411 e. The summed E-state index contributed by atoms with van der Waals surface area (Å²) in [6, 6.07) is 0. The van der Waals surface area contributed by atoms with Gasteiger partial charge in [-0.3, -0.25) is 4.90 Å². The Hall–Kier alpha value is -0.820. The first-order chi connectivity index (χ1) is 8.77. The largest absolute Gasteiger partial charge is 0.467 e.